The van der Waals surface area contributed by atoms with Crippen LogP contribution in [0, 0.1) is 12.8 Å². The minimum atomic E-state index is 0.855. The van der Waals surface area contributed by atoms with E-state index in [0.29, 0.717) is 0 Å². The molecular formula is C11H14BrN. The second-order valence-electron chi connectivity index (χ2n) is 3.87. The highest BCUT2D eigenvalue weighted by Gasteiger charge is 2.16. The fraction of sp³-hybridized carbons (Fsp3) is 0.455. The summed E-state index contributed by atoms with van der Waals surface area (Å²) in [7, 11) is 0. The highest BCUT2D eigenvalue weighted by atomic mass is 79.9. The number of rotatable bonds is 2. The Kier molecular flexibility index (Phi) is 2.70. The van der Waals surface area contributed by atoms with Crippen LogP contribution in [0.2, 0.25) is 0 Å². The molecule has 1 aromatic rings. The predicted molar refractivity (Wildman–Crippen MR) is 58.9 cm³/mol. The lowest BCUT2D eigenvalue weighted by Gasteiger charge is -2.27. The lowest BCUT2D eigenvalue weighted by Crippen LogP contribution is -2.43. The van der Waals surface area contributed by atoms with Gasteiger partial charge in [-0.1, -0.05) is 22.0 Å². The minimum Gasteiger partial charge on any atom is -0.316 e. The quantitative estimate of drug-likeness (QED) is 0.837. The molecule has 1 saturated heterocycles. The Balaban J connectivity index is 2.10. The molecule has 1 N–H and O–H groups in total. The lowest BCUT2D eigenvalue weighted by molar-refractivity contribution is 0.346. The molecule has 0 aliphatic carbocycles. The summed E-state index contributed by atoms with van der Waals surface area (Å²) in [6.45, 7) is 4.52. The highest BCUT2D eigenvalue weighted by Crippen LogP contribution is 2.19. The van der Waals surface area contributed by atoms with Gasteiger partial charge in [-0.15, -0.1) is 0 Å². The summed E-state index contributed by atoms with van der Waals surface area (Å²) < 4.78 is 1.20. The van der Waals surface area contributed by atoms with E-state index in [2.05, 4.69) is 46.4 Å². The molecule has 0 aromatic heterocycles. The third-order valence-corrected chi connectivity index (χ3v) is 2.95. The number of hydrogen-bond donors (Lipinski definition) is 1. The van der Waals surface area contributed by atoms with Gasteiger partial charge in [0.25, 0.3) is 0 Å². The molecule has 1 aliphatic heterocycles. The zero-order valence-corrected chi connectivity index (χ0v) is 9.39. The van der Waals surface area contributed by atoms with Crippen LogP contribution in [0.4, 0.5) is 0 Å². The normalized spacial score (nSPS) is 17.1. The molecule has 0 atom stereocenters. The largest absolute Gasteiger partial charge is 0.316 e. The molecule has 13 heavy (non-hydrogen) atoms. The number of hydrogen-bond acceptors (Lipinski definition) is 1. The zero-order valence-electron chi connectivity index (χ0n) is 7.81. The van der Waals surface area contributed by atoms with Gasteiger partial charge in [0.05, 0.1) is 0 Å². The van der Waals surface area contributed by atoms with Crippen LogP contribution in [0.1, 0.15) is 11.1 Å². The van der Waals surface area contributed by atoms with Crippen molar-refractivity contribution in [1.29, 1.82) is 0 Å². The Labute approximate surface area is 87.7 Å². The Morgan fingerprint density at radius 1 is 1.38 bits per heavy atom. The standard InChI is InChI=1S/C11H14BrN/c1-8-2-9(5-11(12)3-8)4-10-6-13-7-10/h2-3,5,10,13H,4,6-7H2,1H3. The molecule has 1 heterocycles. The van der Waals surface area contributed by atoms with Gasteiger partial charge in [0.2, 0.25) is 0 Å². The lowest BCUT2D eigenvalue weighted by atomic mass is 9.94. The second-order valence-corrected chi connectivity index (χ2v) is 4.78. The summed E-state index contributed by atoms with van der Waals surface area (Å²) >= 11 is 3.53. The molecule has 1 nitrogen and oxygen atoms in total. The molecule has 0 amide bonds. The fourth-order valence-electron chi connectivity index (χ4n) is 1.76. The highest BCUT2D eigenvalue weighted by molar-refractivity contribution is 9.10. The Hall–Kier alpha value is -0.340. The van der Waals surface area contributed by atoms with Crippen molar-refractivity contribution in [3.05, 3.63) is 33.8 Å². The maximum Gasteiger partial charge on any atom is 0.0180 e. The first kappa shape index (κ1) is 9.22. The average molecular weight is 240 g/mol. The van der Waals surface area contributed by atoms with E-state index in [1.54, 1.807) is 0 Å². The summed E-state index contributed by atoms with van der Waals surface area (Å²) in [5.41, 5.74) is 2.80. The molecular weight excluding hydrogens is 226 g/mol. The fourth-order valence-corrected chi connectivity index (χ4v) is 2.41. The van der Waals surface area contributed by atoms with Crippen molar-refractivity contribution in [2.75, 3.05) is 13.1 Å². The summed E-state index contributed by atoms with van der Waals surface area (Å²) in [5, 5.41) is 3.30. The maximum absolute atomic E-state index is 3.53. The van der Waals surface area contributed by atoms with E-state index in [-0.39, 0.29) is 0 Å². The van der Waals surface area contributed by atoms with Gasteiger partial charge in [0.15, 0.2) is 0 Å². The van der Waals surface area contributed by atoms with E-state index < -0.39 is 0 Å². The maximum atomic E-state index is 3.53. The van der Waals surface area contributed by atoms with Crippen molar-refractivity contribution in [3.63, 3.8) is 0 Å². The first-order chi connectivity index (χ1) is 6.24. The minimum absolute atomic E-state index is 0.855. The SMILES string of the molecule is Cc1cc(Br)cc(CC2CNC2)c1. The van der Waals surface area contributed by atoms with Crippen LogP contribution >= 0.6 is 15.9 Å². The van der Waals surface area contributed by atoms with Crippen LogP contribution in [-0.4, -0.2) is 13.1 Å². The van der Waals surface area contributed by atoms with Crippen molar-refractivity contribution >= 4 is 15.9 Å². The Bertz CT molecular complexity index is 285. The molecule has 2 rings (SSSR count). The van der Waals surface area contributed by atoms with E-state index in [9.17, 15) is 0 Å². The molecule has 0 bridgehead atoms. The van der Waals surface area contributed by atoms with Crippen molar-refractivity contribution in [3.8, 4) is 0 Å². The molecule has 1 aliphatic rings. The van der Waals surface area contributed by atoms with Gasteiger partial charge in [-0.2, -0.15) is 0 Å². The van der Waals surface area contributed by atoms with E-state index in [0.717, 1.165) is 5.92 Å². The molecule has 2 heteroatoms. The molecule has 0 unspecified atom stereocenters. The van der Waals surface area contributed by atoms with Gasteiger partial charge in [-0.3, -0.25) is 0 Å². The van der Waals surface area contributed by atoms with Gasteiger partial charge in [0, 0.05) is 4.47 Å². The van der Waals surface area contributed by atoms with Crippen LogP contribution in [0.3, 0.4) is 0 Å². The van der Waals surface area contributed by atoms with Crippen LogP contribution in [0.25, 0.3) is 0 Å². The van der Waals surface area contributed by atoms with E-state index in [1.807, 2.05) is 0 Å². The summed E-state index contributed by atoms with van der Waals surface area (Å²) in [4.78, 5) is 0. The van der Waals surface area contributed by atoms with Crippen molar-refractivity contribution in [1.82, 2.24) is 5.32 Å². The van der Waals surface area contributed by atoms with Gasteiger partial charge < -0.3 is 5.32 Å². The monoisotopic (exact) mass is 239 g/mol. The van der Waals surface area contributed by atoms with Crippen molar-refractivity contribution < 1.29 is 0 Å². The number of halogens is 1. The summed E-state index contributed by atoms with van der Waals surface area (Å²) in [6.07, 6.45) is 1.22. The summed E-state index contributed by atoms with van der Waals surface area (Å²) in [6, 6.07) is 6.66. The number of nitrogens with one attached hydrogen (secondary N) is 1. The van der Waals surface area contributed by atoms with Gasteiger partial charge in [-0.05, 0) is 55.6 Å². The van der Waals surface area contributed by atoms with Crippen molar-refractivity contribution in [2.24, 2.45) is 5.92 Å². The van der Waals surface area contributed by atoms with E-state index in [4.69, 9.17) is 0 Å². The van der Waals surface area contributed by atoms with Crippen LogP contribution in [0.5, 0.6) is 0 Å². The third kappa shape index (κ3) is 2.32. The van der Waals surface area contributed by atoms with Crippen LogP contribution in [0.15, 0.2) is 22.7 Å². The molecule has 0 saturated carbocycles. The van der Waals surface area contributed by atoms with E-state index in [1.165, 1.54) is 35.1 Å². The van der Waals surface area contributed by atoms with Gasteiger partial charge >= 0.3 is 0 Å². The smallest absolute Gasteiger partial charge is 0.0180 e. The van der Waals surface area contributed by atoms with Crippen molar-refractivity contribution in [2.45, 2.75) is 13.3 Å². The molecule has 0 spiro atoms. The number of benzene rings is 1. The zero-order chi connectivity index (χ0) is 9.26. The molecule has 1 fully saturated rings. The Morgan fingerprint density at radius 3 is 2.69 bits per heavy atom. The van der Waals surface area contributed by atoms with Crippen LogP contribution in [-0.2, 0) is 6.42 Å². The van der Waals surface area contributed by atoms with Gasteiger partial charge in [0.1, 0.15) is 0 Å². The first-order valence-corrected chi connectivity index (χ1v) is 5.50. The second kappa shape index (κ2) is 3.81. The molecule has 1 aromatic carbocycles. The number of aryl methyl sites for hydroxylation is 1. The average Bonchev–Trinajstić information content (AvgIpc) is 1.95. The third-order valence-electron chi connectivity index (χ3n) is 2.49. The van der Waals surface area contributed by atoms with Gasteiger partial charge in [-0.25, -0.2) is 0 Å². The topological polar surface area (TPSA) is 12.0 Å². The van der Waals surface area contributed by atoms with Crippen LogP contribution < -0.4 is 5.32 Å². The predicted octanol–water partition coefficient (Wildman–Crippen LogP) is 2.52. The Morgan fingerprint density at radius 2 is 2.15 bits per heavy atom. The van der Waals surface area contributed by atoms with E-state index >= 15 is 0 Å². The first-order valence-electron chi connectivity index (χ1n) is 4.71. The molecule has 70 valence electrons. The molecule has 0 radical (unpaired) electrons. The summed E-state index contributed by atoms with van der Waals surface area (Å²) in [5.74, 6) is 0.855.